The second-order valence-electron chi connectivity index (χ2n) is 5.98. The highest BCUT2D eigenvalue weighted by atomic mass is 19.1. The summed E-state index contributed by atoms with van der Waals surface area (Å²) < 4.78 is 26.9. The fourth-order valence-corrected chi connectivity index (χ4v) is 2.66. The van der Waals surface area contributed by atoms with E-state index in [4.69, 9.17) is 0 Å². The van der Waals surface area contributed by atoms with Crippen LogP contribution in [0.1, 0.15) is 23.0 Å². The molecule has 1 N–H and O–H groups in total. The number of hydrogen-bond acceptors (Lipinski definition) is 3. The van der Waals surface area contributed by atoms with Gasteiger partial charge >= 0.3 is 0 Å². The first kappa shape index (κ1) is 18.5. The quantitative estimate of drug-likeness (QED) is 0.683. The molecular weight excluding hydrogens is 348 g/mol. The summed E-state index contributed by atoms with van der Waals surface area (Å²) in [6, 6.07) is 16.1. The van der Waals surface area contributed by atoms with Crippen molar-refractivity contribution in [3.05, 3.63) is 89.8 Å². The fourth-order valence-electron chi connectivity index (χ4n) is 2.66. The number of nitrogens with zero attached hydrogens (tertiary/aromatic N) is 2. The Bertz CT molecular complexity index is 932. The van der Waals surface area contributed by atoms with E-state index >= 15 is 0 Å². The molecule has 2 aromatic carbocycles. The molecule has 3 rings (SSSR count). The van der Waals surface area contributed by atoms with E-state index in [1.165, 1.54) is 12.3 Å². The van der Waals surface area contributed by atoms with Crippen molar-refractivity contribution in [3.63, 3.8) is 0 Å². The van der Waals surface area contributed by atoms with Crippen LogP contribution in [0.5, 0.6) is 0 Å². The van der Waals surface area contributed by atoms with E-state index < -0.39 is 11.6 Å². The number of carbonyl (C=O) groups is 1. The van der Waals surface area contributed by atoms with Gasteiger partial charge in [-0.25, -0.2) is 8.78 Å². The van der Waals surface area contributed by atoms with Crippen LogP contribution in [0.25, 0.3) is 0 Å². The largest absolute Gasteiger partial charge is 0.353 e. The van der Waals surface area contributed by atoms with E-state index in [1.807, 2.05) is 37.3 Å². The average molecular weight is 367 g/mol. The molecule has 0 fully saturated rings. The van der Waals surface area contributed by atoms with E-state index in [9.17, 15) is 13.6 Å². The molecule has 27 heavy (non-hydrogen) atoms. The first-order valence-corrected chi connectivity index (χ1v) is 8.58. The summed E-state index contributed by atoms with van der Waals surface area (Å²) in [6.45, 7) is 2.90. The Morgan fingerprint density at radius 1 is 1.07 bits per heavy atom. The molecule has 138 valence electrons. The molecule has 4 nitrogen and oxygen atoms in total. The highest BCUT2D eigenvalue weighted by Crippen LogP contribution is 2.21. The molecule has 0 bridgehead atoms. The molecule has 0 saturated heterocycles. The number of rotatable bonds is 6. The second-order valence-corrected chi connectivity index (χ2v) is 5.98. The van der Waals surface area contributed by atoms with Crippen LogP contribution in [0, 0.1) is 11.6 Å². The number of benzene rings is 2. The number of aromatic nitrogens is 1. The van der Waals surface area contributed by atoms with Crippen molar-refractivity contribution in [3.8, 4) is 0 Å². The summed E-state index contributed by atoms with van der Waals surface area (Å²) in [4.78, 5) is 18.6. The van der Waals surface area contributed by atoms with Crippen molar-refractivity contribution in [2.75, 3.05) is 11.9 Å². The summed E-state index contributed by atoms with van der Waals surface area (Å²) >= 11 is 0. The van der Waals surface area contributed by atoms with Gasteiger partial charge < -0.3 is 10.2 Å². The molecule has 0 unspecified atom stereocenters. The zero-order valence-electron chi connectivity index (χ0n) is 14.8. The number of amides is 1. The fraction of sp³-hybridized carbons (Fsp3) is 0.143. The van der Waals surface area contributed by atoms with Crippen LogP contribution in [0.4, 0.5) is 20.2 Å². The number of anilines is 2. The topological polar surface area (TPSA) is 45.2 Å². The second kappa shape index (κ2) is 8.40. The SMILES string of the molecule is CCN(Cc1ccccc1)C(=O)c1cc(Nc2ccc(F)cc2F)ccn1. The van der Waals surface area contributed by atoms with Crippen molar-refractivity contribution in [1.82, 2.24) is 9.88 Å². The third kappa shape index (κ3) is 4.67. The third-order valence-corrected chi connectivity index (χ3v) is 4.07. The number of nitrogens with one attached hydrogen (secondary N) is 1. The number of hydrogen-bond donors (Lipinski definition) is 1. The smallest absolute Gasteiger partial charge is 0.272 e. The van der Waals surface area contributed by atoms with Gasteiger partial charge in [0, 0.05) is 31.0 Å². The van der Waals surface area contributed by atoms with Gasteiger partial charge in [-0.2, -0.15) is 0 Å². The lowest BCUT2D eigenvalue weighted by Gasteiger charge is -2.21. The first-order valence-electron chi connectivity index (χ1n) is 8.58. The molecule has 0 spiro atoms. The zero-order valence-corrected chi connectivity index (χ0v) is 14.8. The molecule has 1 amide bonds. The van der Waals surface area contributed by atoms with Crippen LogP contribution >= 0.6 is 0 Å². The number of halogens is 2. The highest BCUT2D eigenvalue weighted by Gasteiger charge is 2.16. The van der Waals surface area contributed by atoms with Gasteiger partial charge in [-0.15, -0.1) is 0 Å². The van der Waals surface area contributed by atoms with Crippen molar-refractivity contribution in [2.24, 2.45) is 0 Å². The standard InChI is InChI=1S/C21H19F2N3O/c1-2-26(14-15-6-4-3-5-7-15)21(27)20-13-17(10-11-24-20)25-19-9-8-16(22)12-18(19)23/h3-13H,2,14H2,1H3,(H,24,25). The Kier molecular flexibility index (Phi) is 5.76. The molecule has 1 heterocycles. The molecule has 0 aliphatic heterocycles. The summed E-state index contributed by atoms with van der Waals surface area (Å²) in [6.07, 6.45) is 1.48. The average Bonchev–Trinajstić information content (AvgIpc) is 2.69. The maximum absolute atomic E-state index is 13.8. The van der Waals surface area contributed by atoms with E-state index in [-0.39, 0.29) is 17.3 Å². The van der Waals surface area contributed by atoms with Gasteiger partial charge in [0.15, 0.2) is 0 Å². The van der Waals surface area contributed by atoms with Crippen LogP contribution in [0.15, 0.2) is 66.9 Å². The molecule has 0 aliphatic rings. The van der Waals surface area contributed by atoms with Crippen molar-refractivity contribution >= 4 is 17.3 Å². The molecule has 0 atom stereocenters. The Balaban J connectivity index is 1.78. The van der Waals surface area contributed by atoms with Crippen molar-refractivity contribution in [2.45, 2.75) is 13.5 Å². The van der Waals surface area contributed by atoms with Gasteiger partial charge in [-0.3, -0.25) is 9.78 Å². The minimum absolute atomic E-state index is 0.123. The van der Waals surface area contributed by atoms with Crippen LogP contribution in [-0.4, -0.2) is 22.3 Å². The molecular formula is C21H19F2N3O. The highest BCUT2D eigenvalue weighted by molar-refractivity contribution is 5.93. The molecule has 0 radical (unpaired) electrons. The van der Waals surface area contributed by atoms with Gasteiger partial charge in [0.25, 0.3) is 5.91 Å². The maximum Gasteiger partial charge on any atom is 0.272 e. The predicted molar refractivity (Wildman–Crippen MR) is 101 cm³/mol. The van der Waals surface area contributed by atoms with Crippen LogP contribution in [-0.2, 0) is 6.54 Å². The minimum Gasteiger partial charge on any atom is -0.353 e. The monoisotopic (exact) mass is 367 g/mol. The van der Waals surface area contributed by atoms with Gasteiger partial charge in [0.2, 0.25) is 0 Å². The summed E-state index contributed by atoms with van der Waals surface area (Å²) in [5.74, 6) is -1.58. The Morgan fingerprint density at radius 2 is 1.85 bits per heavy atom. The van der Waals surface area contributed by atoms with Crippen LogP contribution in [0.3, 0.4) is 0 Å². The number of carbonyl (C=O) groups excluding carboxylic acids is 1. The lowest BCUT2D eigenvalue weighted by atomic mass is 10.2. The Labute approximate surface area is 156 Å². The maximum atomic E-state index is 13.8. The lowest BCUT2D eigenvalue weighted by molar-refractivity contribution is 0.0746. The van der Waals surface area contributed by atoms with E-state index in [1.54, 1.807) is 17.0 Å². The van der Waals surface area contributed by atoms with Crippen molar-refractivity contribution in [1.29, 1.82) is 0 Å². The van der Waals surface area contributed by atoms with E-state index in [2.05, 4.69) is 10.3 Å². The minimum atomic E-state index is -0.709. The van der Waals surface area contributed by atoms with Gasteiger partial charge in [0.05, 0.1) is 5.69 Å². The molecule has 6 heteroatoms. The molecule has 1 aromatic heterocycles. The predicted octanol–water partition coefficient (Wildman–Crippen LogP) is 4.77. The normalized spacial score (nSPS) is 10.5. The Morgan fingerprint density at radius 3 is 2.56 bits per heavy atom. The lowest BCUT2D eigenvalue weighted by Crippen LogP contribution is -2.31. The first-order chi connectivity index (χ1) is 13.1. The van der Waals surface area contributed by atoms with Crippen LogP contribution in [0.2, 0.25) is 0 Å². The molecule has 0 aliphatic carbocycles. The van der Waals surface area contributed by atoms with Gasteiger partial charge in [0.1, 0.15) is 17.3 Å². The summed E-state index contributed by atoms with van der Waals surface area (Å²) in [5, 5.41) is 2.85. The van der Waals surface area contributed by atoms with Gasteiger partial charge in [-0.1, -0.05) is 30.3 Å². The van der Waals surface area contributed by atoms with Crippen LogP contribution < -0.4 is 5.32 Å². The summed E-state index contributed by atoms with van der Waals surface area (Å²) in [7, 11) is 0. The zero-order chi connectivity index (χ0) is 19.2. The molecule has 3 aromatic rings. The third-order valence-electron chi connectivity index (χ3n) is 4.07. The number of pyridine rings is 1. The van der Waals surface area contributed by atoms with E-state index in [0.29, 0.717) is 18.8 Å². The van der Waals surface area contributed by atoms with E-state index in [0.717, 1.165) is 17.7 Å². The molecule has 0 saturated carbocycles. The van der Waals surface area contributed by atoms with Gasteiger partial charge in [-0.05, 0) is 36.8 Å². The summed E-state index contributed by atoms with van der Waals surface area (Å²) in [5.41, 5.74) is 1.89. The Hall–Kier alpha value is -3.28. The van der Waals surface area contributed by atoms with Crippen molar-refractivity contribution < 1.29 is 13.6 Å².